The molecule has 0 heterocycles. The lowest BCUT2D eigenvalue weighted by Crippen LogP contribution is -2.33. The van der Waals surface area contributed by atoms with E-state index in [-0.39, 0.29) is 16.6 Å². The summed E-state index contributed by atoms with van der Waals surface area (Å²) >= 11 is 1.87. The Morgan fingerprint density at radius 2 is 2.14 bits per heavy atom. The fourth-order valence-electron chi connectivity index (χ4n) is 2.68. The summed E-state index contributed by atoms with van der Waals surface area (Å²) in [5.74, 6) is 0.448. The molecule has 0 bridgehead atoms. The molecule has 2 atom stereocenters. The third-order valence-electron chi connectivity index (χ3n) is 3.69. The van der Waals surface area contributed by atoms with Crippen LogP contribution in [-0.4, -0.2) is 25.5 Å². The van der Waals surface area contributed by atoms with Crippen molar-refractivity contribution in [3.8, 4) is 0 Å². The van der Waals surface area contributed by atoms with Gasteiger partial charge in [0.25, 0.3) is 0 Å². The lowest BCUT2D eigenvalue weighted by molar-refractivity contribution is 0.551. The molecule has 0 saturated heterocycles. The van der Waals surface area contributed by atoms with E-state index in [9.17, 15) is 12.8 Å². The summed E-state index contributed by atoms with van der Waals surface area (Å²) in [6, 6.07) is 2.30. The highest BCUT2D eigenvalue weighted by Crippen LogP contribution is 2.31. The number of nitrogens with two attached hydrogens (primary N) is 1. The molecule has 1 aliphatic rings. The van der Waals surface area contributed by atoms with E-state index in [0.717, 1.165) is 31.1 Å². The van der Waals surface area contributed by atoms with Gasteiger partial charge in [-0.25, -0.2) is 17.5 Å². The van der Waals surface area contributed by atoms with E-state index in [2.05, 4.69) is 11.6 Å². The van der Waals surface area contributed by atoms with Crippen molar-refractivity contribution in [2.45, 2.75) is 49.3 Å². The molecule has 0 spiro atoms. The van der Waals surface area contributed by atoms with Crippen LogP contribution >= 0.6 is 11.8 Å². The molecule has 3 N–H and O–H groups in total. The zero-order chi connectivity index (χ0) is 15.6. The van der Waals surface area contributed by atoms with Gasteiger partial charge in [-0.1, -0.05) is 6.92 Å². The maximum atomic E-state index is 13.3. The molecule has 2 unspecified atom stereocenters. The molecule has 21 heavy (non-hydrogen) atoms. The lowest BCUT2D eigenvalue weighted by Gasteiger charge is -2.15. The maximum absolute atomic E-state index is 13.3. The molecule has 1 saturated carbocycles. The van der Waals surface area contributed by atoms with Crippen LogP contribution in [-0.2, 0) is 10.0 Å². The molecule has 1 aromatic carbocycles. The van der Waals surface area contributed by atoms with Gasteiger partial charge in [0.1, 0.15) is 5.82 Å². The topological polar surface area (TPSA) is 72.2 Å². The summed E-state index contributed by atoms with van der Waals surface area (Å²) in [5, 5.41) is 0.516. The van der Waals surface area contributed by atoms with Crippen LogP contribution in [0.1, 0.15) is 31.7 Å². The van der Waals surface area contributed by atoms with Crippen LogP contribution in [0.25, 0.3) is 0 Å². The average molecular weight is 332 g/mol. The number of hydrogen-bond donors (Lipinski definition) is 2. The number of nitrogen functional groups attached to an aromatic ring is 1. The van der Waals surface area contributed by atoms with Crippen molar-refractivity contribution in [3.05, 3.63) is 23.5 Å². The lowest BCUT2D eigenvalue weighted by atomic mass is 10.2. The third kappa shape index (κ3) is 3.90. The second kappa shape index (κ2) is 6.54. The number of halogens is 1. The zero-order valence-electron chi connectivity index (χ0n) is 12.2. The predicted molar refractivity (Wildman–Crippen MR) is 85.4 cm³/mol. The standard InChI is InChI=1S/C14H21FN2O2S2/c1-3-20-11-5-4-10(7-11)17-21(18,19)14-8-13(16)12(15)6-9(14)2/h6,8,10-11,17H,3-5,7,16H2,1-2H3. The first-order valence-electron chi connectivity index (χ1n) is 7.03. The van der Waals surface area contributed by atoms with Crippen molar-refractivity contribution in [3.63, 3.8) is 0 Å². The number of nitrogens with one attached hydrogen (secondary N) is 1. The van der Waals surface area contributed by atoms with E-state index in [1.807, 2.05) is 11.8 Å². The molecular weight excluding hydrogens is 311 g/mol. The highest BCUT2D eigenvalue weighted by molar-refractivity contribution is 7.99. The number of aryl methyl sites for hydroxylation is 1. The van der Waals surface area contributed by atoms with Crippen molar-refractivity contribution >= 4 is 27.5 Å². The minimum Gasteiger partial charge on any atom is -0.396 e. The smallest absolute Gasteiger partial charge is 0.241 e. The van der Waals surface area contributed by atoms with Crippen LogP contribution in [0.4, 0.5) is 10.1 Å². The molecule has 0 amide bonds. The largest absolute Gasteiger partial charge is 0.396 e. The predicted octanol–water partition coefficient (Wildman–Crippen LogP) is 2.67. The average Bonchev–Trinajstić information content (AvgIpc) is 2.80. The minimum absolute atomic E-state index is 0.0512. The number of anilines is 1. The molecular formula is C14H21FN2O2S2. The van der Waals surface area contributed by atoms with Crippen molar-refractivity contribution in [1.29, 1.82) is 0 Å². The van der Waals surface area contributed by atoms with Crippen LogP contribution in [0.2, 0.25) is 0 Å². The minimum atomic E-state index is -3.66. The van der Waals surface area contributed by atoms with Gasteiger partial charge in [0.2, 0.25) is 10.0 Å². The first-order chi connectivity index (χ1) is 9.83. The van der Waals surface area contributed by atoms with Gasteiger partial charge in [-0.2, -0.15) is 11.8 Å². The number of rotatable bonds is 5. The SMILES string of the molecule is CCSC1CCC(NS(=O)(=O)c2cc(N)c(F)cc2C)C1. The van der Waals surface area contributed by atoms with Gasteiger partial charge in [-0.15, -0.1) is 0 Å². The molecule has 2 rings (SSSR count). The molecule has 118 valence electrons. The summed E-state index contributed by atoms with van der Waals surface area (Å²) in [5.41, 5.74) is 5.71. The summed E-state index contributed by atoms with van der Waals surface area (Å²) in [6.45, 7) is 3.67. The fourth-order valence-corrected chi connectivity index (χ4v) is 5.36. The van der Waals surface area contributed by atoms with Crippen molar-refractivity contribution in [2.75, 3.05) is 11.5 Å². The van der Waals surface area contributed by atoms with Gasteiger partial charge in [0, 0.05) is 11.3 Å². The van der Waals surface area contributed by atoms with E-state index in [1.54, 1.807) is 6.92 Å². The van der Waals surface area contributed by atoms with E-state index in [0.29, 0.717) is 10.8 Å². The first kappa shape index (κ1) is 16.6. The van der Waals surface area contributed by atoms with Gasteiger partial charge < -0.3 is 5.73 Å². The summed E-state index contributed by atoms with van der Waals surface area (Å²) < 4.78 is 41.0. The number of benzene rings is 1. The van der Waals surface area contributed by atoms with Gasteiger partial charge in [-0.3, -0.25) is 0 Å². The van der Waals surface area contributed by atoms with Crippen LogP contribution in [0.5, 0.6) is 0 Å². The molecule has 0 aliphatic heterocycles. The monoisotopic (exact) mass is 332 g/mol. The Hall–Kier alpha value is -0.790. The molecule has 7 heteroatoms. The maximum Gasteiger partial charge on any atom is 0.241 e. The Labute approximate surface area is 129 Å². The quantitative estimate of drug-likeness (QED) is 0.813. The second-order valence-electron chi connectivity index (χ2n) is 5.35. The third-order valence-corrected chi connectivity index (χ3v) is 6.59. The molecule has 0 aromatic heterocycles. The highest BCUT2D eigenvalue weighted by Gasteiger charge is 2.29. The second-order valence-corrected chi connectivity index (χ2v) is 8.61. The fraction of sp³-hybridized carbons (Fsp3) is 0.571. The van der Waals surface area contributed by atoms with Crippen molar-refractivity contribution in [1.82, 2.24) is 4.72 Å². The van der Waals surface area contributed by atoms with Crippen LogP contribution < -0.4 is 10.5 Å². The van der Waals surface area contributed by atoms with Crippen LogP contribution in [0.3, 0.4) is 0 Å². The number of sulfonamides is 1. The van der Waals surface area contributed by atoms with Crippen molar-refractivity contribution < 1.29 is 12.8 Å². The van der Waals surface area contributed by atoms with Crippen LogP contribution in [0.15, 0.2) is 17.0 Å². The molecule has 1 fully saturated rings. The van der Waals surface area contributed by atoms with Crippen LogP contribution in [0, 0.1) is 12.7 Å². The number of hydrogen-bond acceptors (Lipinski definition) is 4. The first-order valence-corrected chi connectivity index (χ1v) is 9.56. The van der Waals surface area contributed by atoms with Gasteiger partial charge >= 0.3 is 0 Å². The summed E-state index contributed by atoms with van der Waals surface area (Å²) in [7, 11) is -3.66. The van der Waals surface area contributed by atoms with Gasteiger partial charge in [-0.05, 0) is 49.6 Å². The van der Waals surface area contributed by atoms with E-state index >= 15 is 0 Å². The van der Waals surface area contributed by atoms with E-state index in [1.165, 1.54) is 6.07 Å². The molecule has 4 nitrogen and oxygen atoms in total. The molecule has 1 aliphatic carbocycles. The Bertz CT molecular complexity index is 620. The highest BCUT2D eigenvalue weighted by atomic mass is 32.2. The van der Waals surface area contributed by atoms with Gasteiger partial charge in [0.15, 0.2) is 0 Å². The summed E-state index contributed by atoms with van der Waals surface area (Å²) in [6.07, 6.45) is 2.70. The Kier molecular flexibility index (Phi) is 5.16. The molecule has 1 aromatic rings. The van der Waals surface area contributed by atoms with E-state index in [4.69, 9.17) is 5.73 Å². The van der Waals surface area contributed by atoms with E-state index < -0.39 is 15.8 Å². The number of thioether (sulfide) groups is 1. The zero-order valence-corrected chi connectivity index (χ0v) is 13.9. The Balaban J connectivity index is 2.14. The van der Waals surface area contributed by atoms with Crippen molar-refractivity contribution in [2.24, 2.45) is 0 Å². The Morgan fingerprint density at radius 1 is 1.43 bits per heavy atom. The normalized spacial score (nSPS) is 22.6. The van der Waals surface area contributed by atoms with Gasteiger partial charge in [0.05, 0.1) is 10.6 Å². The Morgan fingerprint density at radius 3 is 2.81 bits per heavy atom. The summed E-state index contributed by atoms with van der Waals surface area (Å²) in [4.78, 5) is 0.0630. The molecule has 0 radical (unpaired) electrons.